The first-order valence-electron chi connectivity index (χ1n) is 9.50. The molecule has 144 valence electrons. The lowest BCUT2D eigenvalue weighted by Crippen LogP contribution is -2.17. The molecule has 0 bridgehead atoms. The van der Waals surface area contributed by atoms with Crippen LogP contribution in [0.5, 0.6) is 0 Å². The highest BCUT2D eigenvalue weighted by Crippen LogP contribution is 2.18. The summed E-state index contributed by atoms with van der Waals surface area (Å²) in [6, 6.07) is 27.7. The van der Waals surface area contributed by atoms with E-state index in [1.807, 2.05) is 72.8 Å². The van der Waals surface area contributed by atoms with Gasteiger partial charge in [-0.15, -0.1) is 0 Å². The van der Waals surface area contributed by atoms with Crippen molar-refractivity contribution in [2.75, 3.05) is 0 Å². The van der Waals surface area contributed by atoms with Crippen LogP contribution in [0.25, 0.3) is 27.8 Å². The van der Waals surface area contributed by atoms with Crippen molar-refractivity contribution < 1.29 is 0 Å². The standard InChI is InChI=1S/C24H17N5O/c30-24-22-16-27-29(21-9-5-2-6-10-21)23(22)25-17-28(24)26-15-18-11-13-20(14-12-18)19-7-3-1-4-8-19/h1-17H/b26-15+. The Bertz CT molecular complexity index is 1390. The normalized spacial score (nSPS) is 11.3. The van der Waals surface area contributed by atoms with Gasteiger partial charge in [-0.1, -0.05) is 72.8 Å². The molecule has 0 saturated heterocycles. The third-order valence-electron chi connectivity index (χ3n) is 4.82. The molecule has 0 fully saturated rings. The van der Waals surface area contributed by atoms with Gasteiger partial charge in [0.2, 0.25) is 0 Å². The molecule has 0 aliphatic carbocycles. The number of hydrogen-bond acceptors (Lipinski definition) is 4. The second kappa shape index (κ2) is 7.60. The van der Waals surface area contributed by atoms with Crippen molar-refractivity contribution in [2.45, 2.75) is 0 Å². The molecule has 0 unspecified atom stereocenters. The highest BCUT2D eigenvalue weighted by atomic mass is 16.1. The number of aromatic nitrogens is 4. The molecular formula is C24H17N5O. The summed E-state index contributed by atoms with van der Waals surface area (Å²) >= 11 is 0. The molecule has 0 aliphatic heterocycles. The Morgan fingerprint density at radius 2 is 1.47 bits per heavy atom. The first kappa shape index (κ1) is 17.8. The molecule has 30 heavy (non-hydrogen) atoms. The van der Waals surface area contributed by atoms with Gasteiger partial charge in [-0.25, -0.2) is 9.67 Å². The van der Waals surface area contributed by atoms with Crippen LogP contribution in [-0.4, -0.2) is 25.7 Å². The molecular weight excluding hydrogens is 374 g/mol. The second-order valence-corrected chi connectivity index (χ2v) is 6.76. The number of nitrogens with zero attached hydrogens (tertiary/aromatic N) is 5. The zero-order valence-electron chi connectivity index (χ0n) is 16.0. The number of rotatable bonds is 4. The van der Waals surface area contributed by atoms with Crippen molar-refractivity contribution in [3.05, 3.63) is 113 Å². The van der Waals surface area contributed by atoms with E-state index in [1.165, 1.54) is 17.2 Å². The minimum absolute atomic E-state index is 0.265. The van der Waals surface area contributed by atoms with Gasteiger partial charge in [0.1, 0.15) is 11.7 Å². The summed E-state index contributed by atoms with van der Waals surface area (Å²) in [7, 11) is 0. The van der Waals surface area contributed by atoms with E-state index >= 15 is 0 Å². The quantitative estimate of drug-likeness (QED) is 0.433. The third kappa shape index (κ3) is 3.31. The van der Waals surface area contributed by atoms with Crippen LogP contribution in [0.4, 0.5) is 0 Å². The zero-order valence-corrected chi connectivity index (χ0v) is 16.0. The summed E-state index contributed by atoms with van der Waals surface area (Å²) in [6.45, 7) is 0. The van der Waals surface area contributed by atoms with E-state index < -0.39 is 0 Å². The molecule has 0 N–H and O–H groups in total. The molecule has 5 aromatic rings. The first-order valence-corrected chi connectivity index (χ1v) is 9.50. The minimum atomic E-state index is -0.265. The van der Waals surface area contributed by atoms with E-state index in [9.17, 15) is 4.79 Å². The Hall–Kier alpha value is -4.32. The first-order chi connectivity index (χ1) is 14.8. The van der Waals surface area contributed by atoms with E-state index in [4.69, 9.17) is 0 Å². The van der Waals surface area contributed by atoms with Gasteiger partial charge in [0, 0.05) is 0 Å². The minimum Gasteiger partial charge on any atom is -0.266 e. The van der Waals surface area contributed by atoms with Gasteiger partial charge in [-0.05, 0) is 28.8 Å². The summed E-state index contributed by atoms with van der Waals surface area (Å²) in [5, 5.41) is 9.02. The lowest BCUT2D eigenvalue weighted by Gasteiger charge is -2.03. The third-order valence-corrected chi connectivity index (χ3v) is 4.82. The molecule has 3 aromatic carbocycles. The van der Waals surface area contributed by atoms with Crippen LogP contribution in [0.15, 0.2) is 107 Å². The van der Waals surface area contributed by atoms with Gasteiger partial charge in [0.05, 0.1) is 18.1 Å². The molecule has 5 rings (SSSR count). The largest absolute Gasteiger partial charge is 0.285 e. The average molecular weight is 391 g/mol. The summed E-state index contributed by atoms with van der Waals surface area (Å²) in [6.07, 6.45) is 4.59. The molecule has 2 heterocycles. The van der Waals surface area contributed by atoms with Crippen LogP contribution in [0, 0.1) is 0 Å². The van der Waals surface area contributed by atoms with Crippen molar-refractivity contribution >= 4 is 17.2 Å². The molecule has 0 spiro atoms. The lowest BCUT2D eigenvalue weighted by molar-refractivity contribution is 0.809. The Morgan fingerprint density at radius 3 is 2.20 bits per heavy atom. The van der Waals surface area contributed by atoms with E-state index in [1.54, 1.807) is 10.9 Å². The van der Waals surface area contributed by atoms with Crippen molar-refractivity contribution in [1.82, 2.24) is 19.4 Å². The van der Waals surface area contributed by atoms with Gasteiger partial charge in [0.25, 0.3) is 5.56 Å². The topological polar surface area (TPSA) is 65.1 Å². The SMILES string of the molecule is O=c1c2cnn(-c3ccccc3)c2ncn1/N=C/c1ccc(-c2ccccc2)cc1. The maximum Gasteiger partial charge on any atom is 0.285 e. The van der Waals surface area contributed by atoms with E-state index in [0.29, 0.717) is 11.0 Å². The van der Waals surface area contributed by atoms with Crippen LogP contribution in [0.3, 0.4) is 0 Å². The Balaban J connectivity index is 1.44. The Labute approximate surface area is 172 Å². The fraction of sp³-hybridized carbons (Fsp3) is 0. The van der Waals surface area contributed by atoms with E-state index in [0.717, 1.165) is 22.4 Å². The van der Waals surface area contributed by atoms with Crippen molar-refractivity contribution in [1.29, 1.82) is 0 Å². The van der Waals surface area contributed by atoms with Gasteiger partial charge < -0.3 is 0 Å². The number of hydrogen-bond donors (Lipinski definition) is 0. The summed E-state index contributed by atoms with van der Waals surface area (Å²) < 4.78 is 2.87. The van der Waals surface area contributed by atoms with Crippen molar-refractivity contribution in [3.63, 3.8) is 0 Å². The molecule has 0 atom stereocenters. The van der Waals surface area contributed by atoms with Gasteiger partial charge >= 0.3 is 0 Å². The Kier molecular flexibility index (Phi) is 4.50. The molecule has 0 radical (unpaired) electrons. The van der Waals surface area contributed by atoms with Gasteiger partial charge in [0.15, 0.2) is 5.65 Å². The average Bonchev–Trinajstić information content (AvgIpc) is 3.25. The smallest absolute Gasteiger partial charge is 0.266 e. The van der Waals surface area contributed by atoms with Gasteiger partial charge in [-0.3, -0.25) is 4.79 Å². The fourth-order valence-electron chi connectivity index (χ4n) is 3.26. The maximum atomic E-state index is 12.8. The highest BCUT2D eigenvalue weighted by molar-refractivity contribution is 5.81. The predicted octanol–water partition coefficient (Wildman–Crippen LogP) is 4.13. The summed E-state index contributed by atoms with van der Waals surface area (Å²) in [5.74, 6) is 0. The number of fused-ring (bicyclic) bond motifs is 1. The molecule has 6 nitrogen and oxygen atoms in total. The fourth-order valence-corrected chi connectivity index (χ4v) is 3.26. The number of benzene rings is 3. The van der Waals surface area contributed by atoms with E-state index in [2.05, 4.69) is 27.3 Å². The molecule has 2 aromatic heterocycles. The van der Waals surface area contributed by atoms with Crippen molar-refractivity contribution in [3.8, 4) is 16.8 Å². The van der Waals surface area contributed by atoms with Gasteiger partial charge in [-0.2, -0.15) is 14.9 Å². The van der Waals surface area contributed by atoms with Crippen LogP contribution >= 0.6 is 0 Å². The molecule has 0 amide bonds. The van der Waals surface area contributed by atoms with Crippen LogP contribution in [0.2, 0.25) is 0 Å². The second-order valence-electron chi connectivity index (χ2n) is 6.76. The molecule has 0 aliphatic rings. The number of para-hydroxylation sites is 1. The summed E-state index contributed by atoms with van der Waals surface area (Å²) in [5.41, 5.74) is 4.26. The van der Waals surface area contributed by atoms with Crippen LogP contribution < -0.4 is 5.56 Å². The van der Waals surface area contributed by atoms with Crippen LogP contribution in [-0.2, 0) is 0 Å². The molecule has 6 heteroatoms. The molecule has 0 saturated carbocycles. The van der Waals surface area contributed by atoms with Crippen molar-refractivity contribution in [2.24, 2.45) is 5.10 Å². The van der Waals surface area contributed by atoms with Crippen LogP contribution in [0.1, 0.15) is 5.56 Å². The van der Waals surface area contributed by atoms with E-state index in [-0.39, 0.29) is 5.56 Å². The summed E-state index contributed by atoms with van der Waals surface area (Å²) in [4.78, 5) is 17.2. The highest BCUT2D eigenvalue weighted by Gasteiger charge is 2.10. The predicted molar refractivity (Wildman–Crippen MR) is 118 cm³/mol. The Morgan fingerprint density at radius 1 is 0.800 bits per heavy atom. The monoisotopic (exact) mass is 391 g/mol. The lowest BCUT2D eigenvalue weighted by atomic mass is 10.0. The zero-order chi connectivity index (χ0) is 20.3. The maximum absolute atomic E-state index is 12.8.